The van der Waals surface area contributed by atoms with E-state index in [9.17, 15) is 22.8 Å². The lowest BCUT2D eigenvalue weighted by atomic mass is 9.95. The maximum atomic E-state index is 13.5. The fourth-order valence-corrected chi connectivity index (χ4v) is 6.20. The highest BCUT2D eigenvalue weighted by molar-refractivity contribution is 7.90. The van der Waals surface area contributed by atoms with Gasteiger partial charge in [0.1, 0.15) is 23.2 Å². The molecule has 0 spiro atoms. The molecule has 1 aliphatic heterocycles. The monoisotopic (exact) mass is 513 g/mol. The van der Waals surface area contributed by atoms with Gasteiger partial charge in [-0.1, -0.05) is 43.5 Å². The quantitative estimate of drug-likeness (QED) is 0.581. The molecule has 2 aromatic rings. The minimum atomic E-state index is -4.16. The Bertz CT molecular complexity index is 1240. The van der Waals surface area contributed by atoms with E-state index in [0.29, 0.717) is 10.1 Å². The minimum Gasteiger partial charge on any atom is -0.497 e. The van der Waals surface area contributed by atoms with Crippen LogP contribution in [0.25, 0.3) is 0 Å². The number of hydrogen-bond donors (Lipinski definition) is 1. The van der Waals surface area contributed by atoms with Crippen molar-refractivity contribution < 1.29 is 27.5 Å². The van der Waals surface area contributed by atoms with Gasteiger partial charge in [-0.25, -0.2) is 12.7 Å². The molecular weight excluding hydrogens is 482 g/mol. The Labute approximate surface area is 211 Å². The van der Waals surface area contributed by atoms with Crippen LogP contribution < -0.4 is 10.1 Å². The number of carbonyl (C=O) groups excluding carboxylic acids is 3. The topological polar surface area (TPSA) is 113 Å². The molecule has 1 aliphatic carbocycles. The van der Waals surface area contributed by atoms with Crippen molar-refractivity contribution in [1.82, 2.24) is 14.5 Å². The van der Waals surface area contributed by atoms with Gasteiger partial charge in [-0.05, 0) is 49.6 Å². The standard InChI is InChI=1S/C26H31N3O6S/c1-18(25(31)27-20-8-4-3-5-9-20)28(16-19-12-14-21(35-2)15-13-19)24(30)17-29-26(32)22-10-6-7-11-23(22)36(29,33)34/h6-7,10-15,18,20H,3-5,8-9,16-17H2,1-2H3,(H,27,31)/t18-/m0/s1. The highest BCUT2D eigenvalue weighted by Gasteiger charge is 2.43. The number of nitrogens with zero attached hydrogens (tertiary/aromatic N) is 2. The lowest BCUT2D eigenvalue weighted by Gasteiger charge is -2.32. The summed E-state index contributed by atoms with van der Waals surface area (Å²) in [7, 11) is -2.61. The number of nitrogens with one attached hydrogen (secondary N) is 1. The number of hydrogen-bond acceptors (Lipinski definition) is 6. The van der Waals surface area contributed by atoms with Crippen LogP contribution in [-0.4, -0.2) is 61.1 Å². The van der Waals surface area contributed by atoms with Crippen molar-refractivity contribution in [2.45, 2.75) is 62.6 Å². The normalized spacial score (nSPS) is 17.8. The van der Waals surface area contributed by atoms with E-state index in [0.717, 1.165) is 37.7 Å². The first-order valence-corrected chi connectivity index (χ1v) is 13.5. The molecule has 0 aromatic heterocycles. The molecule has 192 valence electrons. The molecule has 1 heterocycles. The first-order valence-electron chi connectivity index (χ1n) is 12.1. The fraction of sp³-hybridized carbons (Fsp3) is 0.423. The van der Waals surface area contributed by atoms with Crippen molar-refractivity contribution in [2.24, 2.45) is 0 Å². The lowest BCUT2D eigenvalue weighted by Crippen LogP contribution is -2.52. The first kappa shape index (κ1) is 25.7. The van der Waals surface area contributed by atoms with E-state index in [1.54, 1.807) is 44.4 Å². The van der Waals surface area contributed by atoms with Crippen molar-refractivity contribution >= 4 is 27.7 Å². The van der Waals surface area contributed by atoms with Gasteiger partial charge in [0.2, 0.25) is 11.8 Å². The Morgan fingerprint density at radius 1 is 1.08 bits per heavy atom. The predicted molar refractivity (Wildman–Crippen MR) is 133 cm³/mol. The number of methoxy groups -OCH3 is 1. The highest BCUT2D eigenvalue weighted by atomic mass is 32.2. The molecule has 0 unspecified atom stereocenters. The molecule has 1 fully saturated rings. The van der Waals surface area contributed by atoms with Gasteiger partial charge in [-0.15, -0.1) is 0 Å². The summed E-state index contributed by atoms with van der Waals surface area (Å²) in [5.74, 6) is -1.04. The number of carbonyl (C=O) groups is 3. The number of fused-ring (bicyclic) bond motifs is 1. The third-order valence-corrected chi connectivity index (χ3v) is 8.61. The summed E-state index contributed by atoms with van der Waals surface area (Å²) >= 11 is 0. The van der Waals surface area contributed by atoms with E-state index in [1.807, 2.05) is 0 Å². The number of sulfonamides is 1. The SMILES string of the molecule is COc1ccc(CN(C(=O)CN2C(=O)c3ccccc3S2(=O)=O)[C@@H](C)C(=O)NC2CCCCC2)cc1. The van der Waals surface area contributed by atoms with E-state index in [1.165, 1.54) is 23.1 Å². The van der Waals surface area contributed by atoms with Gasteiger partial charge in [0.05, 0.1) is 12.7 Å². The second kappa shape index (κ2) is 10.7. The van der Waals surface area contributed by atoms with Crippen LogP contribution in [0.4, 0.5) is 0 Å². The fourth-order valence-electron chi connectivity index (χ4n) is 4.68. The molecule has 0 bridgehead atoms. The molecule has 0 saturated heterocycles. The predicted octanol–water partition coefficient (Wildman–Crippen LogP) is 2.71. The zero-order valence-electron chi connectivity index (χ0n) is 20.5. The molecule has 1 saturated carbocycles. The molecular formula is C26H31N3O6S. The highest BCUT2D eigenvalue weighted by Crippen LogP contribution is 2.30. The van der Waals surface area contributed by atoms with Gasteiger partial charge in [0.15, 0.2) is 0 Å². The van der Waals surface area contributed by atoms with Crippen LogP contribution in [-0.2, 0) is 26.2 Å². The molecule has 9 nitrogen and oxygen atoms in total. The third-order valence-electron chi connectivity index (χ3n) is 6.82. The molecule has 3 amide bonds. The summed E-state index contributed by atoms with van der Waals surface area (Å²) in [6.07, 6.45) is 5.02. The van der Waals surface area contributed by atoms with Gasteiger partial charge < -0.3 is 15.0 Å². The number of rotatable bonds is 8. The van der Waals surface area contributed by atoms with Crippen LogP contribution >= 0.6 is 0 Å². The third kappa shape index (κ3) is 5.23. The largest absolute Gasteiger partial charge is 0.497 e. The van der Waals surface area contributed by atoms with Crippen LogP contribution in [0.5, 0.6) is 5.75 Å². The molecule has 1 atom stereocenters. The smallest absolute Gasteiger partial charge is 0.269 e. The van der Waals surface area contributed by atoms with Gasteiger partial charge in [0, 0.05) is 12.6 Å². The molecule has 10 heteroatoms. The summed E-state index contributed by atoms with van der Waals surface area (Å²) in [4.78, 5) is 40.7. The van der Waals surface area contributed by atoms with E-state index in [4.69, 9.17) is 4.74 Å². The number of ether oxygens (including phenoxy) is 1. The maximum Gasteiger partial charge on any atom is 0.269 e. The Morgan fingerprint density at radius 2 is 1.75 bits per heavy atom. The first-order chi connectivity index (χ1) is 17.2. The van der Waals surface area contributed by atoms with Gasteiger partial charge in [-0.2, -0.15) is 0 Å². The zero-order chi connectivity index (χ0) is 25.9. The van der Waals surface area contributed by atoms with Crippen LogP contribution in [0, 0.1) is 0 Å². The van der Waals surface area contributed by atoms with Crippen LogP contribution in [0.1, 0.15) is 54.9 Å². The summed E-state index contributed by atoms with van der Waals surface area (Å²) in [6, 6.07) is 12.1. The number of benzene rings is 2. The average Bonchev–Trinajstić information content (AvgIpc) is 3.08. The van der Waals surface area contributed by atoms with E-state index >= 15 is 0 Å². The average molecular weight is 514 g/mol. The summed E-state index contributed by atoms with van der Waals surface area (Å²) < 4.78 is 31.8. The summed E-state index contributed by atoms with van der Waals surface area (Å²) in [5, 5.41) is 3.04. The van der Waals surface area contributed by atoms with Crippen molar-refractivity contribution in [1.29, 1.82) is 0 Å². The Morgan fingerprint density at radius 3 is 2.39 bits per heavy atom. The Hall–Kier alpha value is -3.40. The Kier molecular flexibility index (Phi) is 7.63. The molecule has 36 heavy (non-hydrogen) atoms. The molecule has 2 aliphatic rings. The van der Waals surface area contributed by atoms with Crippen LogP contribution in [0.15, 0.2) is 53.4 Å². The van der Waals surface area contributed by atoms with Gasteiger partial charge in [0.25, 0.3) is 15.9 Å². The summed E-state index contributed by atoms with van der Waals surface area (Å²) in [5.41, 5.74) is 0.774. The second-order valence-corrected chi connectivity index (χ2v) is 11.0. The van der Waals surface area contributed by atoms with Crippen molar-refractivity contribution in [3.63, 3.8) is 0 Å². The summed E-state index contributed by atoms with van der Waals surface area (Å²) in [6.45, 7) is 0.999. The molecule has 2 aromatic carbocycles. The van der Waals surface area contributed by atoms with E-state index < -0.39 is 34.4 Å². The van der Waals surface area contributed by atoms with Crippen molar-refractivity contribution in [3.05, 3.63) is 59.7 Å². The molecule has 0 radical (unpaired) electrons. The maximum absolute atomic E-state index is 13.5. The van der Waals surface area contributed by atoms with Gasteiger partial charge in [-0.3, -0.25) is 14.4 Å². The van der Waals surface area contributed by atoms with Crippen molar-refractivity contribution in [3.8, 4) is 5.75 Å². The number of amides is 3. The van der Waals surface area contributed by atoms with Crippen LogP contribution in [0.3, 0.4) is 0 Å². The van der Waals surface area contributed by atoms with E-state index in [2.05, 4.69) is 5.32 Å². The molecule has 1 N–H and O–H groups in total. The second-order valence-electron chi connectivity index (χ2n) is 9.20. The van der Waals surface area contributed by atoms with E-state index in [-0.39, 0.29) is 29.0 Å². The minimum absolute atomic E-state index is 0.0371. The lowest BCUT2D eigenvalue weighted by molar-refractivity contribution is -0.140. The van der Waals surface area contributed by atoms with Crippen LogP contribution in [0.2, 0.25) is 0 Å². The van der Waals surface area contributed by atoms with Crippen molar-refractivity contribution in [2.75, 3.05) is 13.7 Å². The molecule has 4 rings (SSSR count). The van der Waals surface area contributed by atoms with Gasteiger partial charge >= 0.3 is 0 Å². The zero-order valence-corrected chi connectivity index (χ0v) is 21.3. The Balaban J connectivity index is 1.56.